The Bertz CT molecular complexity index is 1160. The van der Waals surface area contributed by atoms with Gasteiger partial charge in [0.2, 0.25) is 5.88 Å². The lowest BCUT2D eigenvalue weighted by atomic mass is 10.1. The third-order valence-corrected chi connectivity index (χ3v) is 5.84. The van der Waals surface area contributed by atoms with E-state index in [9.17, 15) is 9.59 Å². The molecule has 1 aliphatic rings. The van der Waals surface area contributed by atoms with Gasteiger partial charge in [-0.25, -0.2) is 14.8 Å². The van der Waals surface area contributed by atoms with E-state index in [1.165, 1.54) is 26.8 Å². The molecule has 1 aromatic carbocycles. The number of halogens is 1. The summed E-state index contributed by atoms with van der Waals surface area (Å²) in [6.45, 7) is 1.28. The average molecular weight is 501 g/mol. The number of pyridine rings is 1. The summed E-state index contributed by atoms with van der Waals surface area (Å²) in [6, 6.07) is 8.78. The van der Waals surface area contributed by atoms with E-state index in [-0.39, 0.29) is 29.5 Å². The van der Waals surface area contributed by atoms with Crippen molar-refractivity contribution in [3.63, 3.8) is 0 Å². The van der Waals surface area contributed by atoms with Gasteiger partial charge in [0.25, 0.3) is 5.91 Å². The molecule has 0 atom stereocenters. The molecular weight excluding hydrogens is 476 g/mol. The quantitative estimate of drug-likeness (QED) is 0.518. The highest BCUT2D eigenvalue weighted by molar-refractivity contribution is 6.30. The van der Waals surface area contributed by atoms with E-state index >= 15 is 0 Å². The highest BCUT2D eigenvalue weighted by Gasteiger charge is 2.27. The number of aromatic nitrogens is 2. The Morgan fingerprint density at radius 1 is 1.20 bits per heavy atom. The van der Waals surface area contributed by atoms with Gasteiger partial charge in [-0.05, 0) is 17.7 Å². The number of oxazole rings is 1. The highest BCUT2D eigenvalue weighted by Crippen LogP contribution is 2.34. The van der Waals surface area contributed by atoms with Crippen LogP contribution < -0.4 is 14.8 Å². The summed E-state index contributed by atoms with van der Waals surface area (Å²) in [5, 5.41) is 3.49. The number of rotatable bonds is 7. The fourth-order valence-corrected chi connectivity index (χ4v) is 3.87. The van der Waals surface area contributed by atoms with Crippen molar-refractivity contribution in [2.75, 3.05) is 27.3 Å². The number of benzene rings is 1. The lowest BCUT2D eigenvalue weighted by Gasteiger charge is -2.31. The molecule has 4 rings (SSSR count). The summed E-state index contributed by atoms with van der Waals surface area (Å²) >= 11 is 5.93. The SMILES string of the molecule is COC(=O)N1CCC(Oc2cc(C(=O)NCc3ccc(Cl)cc3)c(OC)nc2-c2cnco2)CC1. The molecule has 0 aliphatic carbocycles. The van der Waals surface area contributed by atoms with Crippen molar-refractivity contribution in [2.24, 2.45) is 0 Å². The Balaban J connectivity index is 1.56. The number of carbonyl (C=O) groups is 2. The number of carbonyl (C=O) groups excluding carboxylic acids is 2. The Labute approximate surface area is 207 Å². The molecule has 3 heterocycles. The van der Waals surface area contributed by atoms with Crippen molar-refractivity contribution in [3.05, 3.63) is 59.1 Å². The third-order valence-electron chi connectivity index (χ3n) is 5.59. The summed E-state index contributed by atoms with van der Waals surface area (Å²) in [5.41, 5.74) is 1.47. The highest BCUT2D eigenvalue weighted by atomic mass is 35.5. The normalized spacial score (nSPS) is 13.9. The van der Waals surface area contributed by atoms with Gasteiger partial charge in [-0.2, -0.15) is 0 Å². The van der Waals surface area contributed by atoms with Crippen molar-refractivity contribution in [1.29, 1.82) is 0 Å². The summed E-state index contributed by atoms with van der Waals surface area (Å²) in [4.78, 5) is 34.9. The molecular formula is C24H25ClN4O6. The van der Waals surface area contributed by atoms with Crippen LogP contribution in [0.4, 0.5) is 4.79 Å². The molecule has 2 amide bonds. The van der Waals surface area contributed by atoms with Gasteiger partial charge in [-0.1, -0.05) is 23.7 Å². The molecule has 3 aromatic rings. The Hall–Kier alpha value is -3.79. The second-order valence-electron chi connectivity index (χ2n) is 7.84. The van der Waals surface area contributed by atoms with Crippen LogP contribution in [0.15, 0.2) is 47.3 Å². The zero-order valence-corrected chi connectivity index (χ0v) is 20.1. The van der Waals surface area contributed by atoms with Gasteiger partial charge in [0.1, 0.15) is 17.4 Å². The van der Waals surface area contributed by atoms with Crippen LogP contribution in [0, 0.1) is 0 Å². The maximum atomic E-state index is 13.1. The molecule has 0 radical (unpaired) electrons. The van der Waals surface area contributed by atoms with Gasteiger partial charge in [-0.3, -0.25) is 4.79 Å². The molecule has 11 heteroatoms. The molecule has 0 saturated carbocycles. The van der Waals surface area contributed by atoms with Crippen LogP contribution in [-0.4, -0.2) is 60.3 Å². The smallest absolute Gasteiger partial charge is 0.409 e. The second-order valence-corrected chi connectivity index (χ2v) is 8.28. The third kappa shape index (κ3) is 5.83. The number of nitrogens with zero attached hydrogens (tertiary/aromatic N) is 3. The standard InChI is InChI=1S/C24H25ClN4O6/c1-32-23-18(22(30)27-12-15-3-5-16(25)6-4-15)11-19(21(28-23)20-13-26-14-34-20)35-17-7-9-29(10-8-17)24(31)33-2/h3-6,11,13-14,17H,7-10,12H2,1-2H3,(H,27,30). The summed E-state index contributed by atoms with van der Waals surface area (Å²) in [6.07, 6.45) is 3.42. The molecule has 0 bridgehead atoms. The zero-order valence-electron chi connectivity index (χ0n) is 19.3. The van der Waals surface area contributed by atoms with E-state index in [1.807, 2.05) is 12.1 Å². The number of hydrogen-bond acceptors (Lipinski definition) is 8. The minimum absolute atomic E-state index is 0.123. The van der Waals surface area contributed by atoms with Gasteiger partial charge < -0.3 is 28.8 Å². The van der Waals surface area contributed by atoms with E-state index in [4.69, 9.17) is 30.2 Å². The van der Waals surface area contributed by atoms with Crippen LogP contribution in [0.5, 0.6) is 11.6 Å². The lowest BCUT2D eigenvalue weighted by molar-refractivity contribution is 0.0787. The maximum Gasteiger partial charge on any atom is 0.409 e. The Morgan fingerprint density at radius 2 is 1.94 bits per heavy atom. The van der Waals surface area contributed by atoms with Crippen LogP contribution in [0.2, 0.25) is 5.02 Å². The van der Waals surface area contributed by atoms with E-state index in [1.54, 1.807) is 23.1 Å². The van der Waals surface area contributed by atoms with Crippen LogP contribution >= 0.6 is 11.6 Å². The fraction of sp³-hybridized carbons (Fsp3) is 0.333. The fourth-order valence-electron chi connectivity index (χ4n) is 3.74. The van der Waals surface area contributed by atoms with Crippen molar-refractivity contribution < 1.29 is 28.2 Å². The monoisotopic (exact) mass is 500 g/mol. The van der Waals surface area contributed by atoms with Crippen LogP contribution in [0.3, 0.4) is 0 Å². The first kappa shape index (κ1) is 24.3. The predicted octanol–water partition coefficient (Wildman–Crippen LogP) is 3.94. The lowest BCUT2D eigenvalue weighted by Crippen LogP contribution is -2.41. The predicted molar refractivity (Wildman–Crippen MR) is 127 cm³/mol. The van der Waals surface area contributed by atoms with E-state index in [2.05, 4.69) is 15.3 Å². The number of piperidine rings is 1. The summed E-state index contributed by atoms with van der Waals surface area (Å²) in [5.74, 6) is 0.478. The molecule has 2 aromatic heterocycles. The Morgan fingerprint density at radius 3 is 2.57 bits per heavy atom. The van der Waals surface area contributed by atoms with E-state index in [0.29, 0.717) is 54.7 Å². The molecule has 184 valence electrons. The molecule has 1 saturated heterocycles. The molecule has 1 aliphatic heterocycles. The summed E-state index contributed by atoms with van der Waals surface area (Å²) < 4.78 is 21.9. The van der Waals surface area contributed by atoms with Gasteiger partial charge in [-0.15, -0.1) is 0 Å². The van der Waals surface area contributed by atoms with Crippen molar-refractivity contribution in [1.82, 2.24) is 20.2 Å². The number of nitrogens with one attached hydrogen (secondary N) is 1. The first-order valence-corrected chi connectivity index (χ1v) is 11.4. The number of ether oxygens (including phenoxy) is 3. The topological polar surface area (TPSA) is 116 Å². The molecule has 0 spiro atoms. The molecule has 35 heavy (non-hydrogen) atoms. The second kappa shape index (κ2) is 11.1. The molecule has 0 unspecified atom stereocenters. The van der Waals surface area contributed by atoms with E-state index in [0.717, 1.165) is 5.56 Å². The maximum absolute atomic E-state index is 13.1. The first-order valence-electron chi connectivity index (χ1n) is 11.0. The molecule has 1 fully saturated rings. The molecule has 10 nitrogen and oxygen atoms in total. The van der Waals surface area contributed by atoms with Crippen molar-refractivity contribution >= 4 is 23.6 Å². The minimum Gasteiger partial charge on any atom is -0.488 e. The van der Waals surface area contributed by atoms with Crippen LogP contribution in [-0.2, 0) is 11.3 Å². The van der Waals surface area contributed by atoms with Gasteiger partial charge in [0, 0.05) is 43.6 Å². The summed E-state index contributed by atoms with van der Waals surface area (Å²) in [7, 11) is 2.79. The molecule has 1 N–H and O–H groups in total. The number of methoxy groups -OCH3 is 2. The minimum atomic E-state index is -0.376. The Kier molecular flexibility index (Phi) is 7.71. The van der Waals surface area contributed by atoms with Crippen molar-refractivity contribution in [3.8, 4) is 23.1 Å². The number of amides is 2. The first-order chi connectivity index (χ1) is 17.0. The average Bonchev–Trinajstić information content (AvgIpc) is 3.43. The van der Waals surface area contributed by atoms with Gasteiger partial charge in [0.05, 0.1) is 20.4 Å². The van der Waals surface area contributed by atoms with Crippen molar-refractivity contribution in [2.45, 2.75) is 25.5 Å². The zero-order chi connectivity index (χ0) is 24.8. The largest absolute Gasteiger partial charge is 0.488 e. The number of likely N-dealkylation sites (tertiary alicyclic amines) is 1. The van der Waals surface area contributed by atoms with E-state index < -0.39 is 0 Å². The van der Waals surface area contributed by atoms with Gasteiger partial charge in [0.15, 0.2) is 17.8 Å². The van der Waals surface area contributed by atoms with Gasteiger partial charge >= 0.3 is 6.09 Å². The van der Waals surface area contributed by atoms with Crippen LogP contribution in [0.25, 0.3) is 11.5 Å². The van der Waals surface area contributed by atoms with Crippen LogP contribution in [0.1, 0.15) is 28.8 Å². The number of hydrogen-bond donors (Lipinski definition) is 1.